The van der Waals surface area contributed by atoms with E-state index in [1.165, 1.54) is 18.4 Å². The summed E-state index contributed by atoms with van der Waals surface area (Å²) < 4.78 is 85.9. The van der Waals surface area contributed by atoms with Crippen molar-refractivity contribution in [1.82, 2.24) is 14.8 Å². The number of alkyl halides is 6. The molecule has 2 aromatic heterocycles. The molecule has 0 unspecified atom stereocenters. The molecule has 0 aliphatic heterocycles. The summed E-state index contributed by atoms with van der Waals surface area (Å²) in [5.41, 5.74) is -2.61. The fraction of sp³-hybridized carbons (Fsp3) is 0.136. The lowest BCUT2D eigenvalue weighted by Gasteiger charge is -2.14. The molecule has 1 amide bonds. The normalized spacial score (nSPS) is 12.1. The standard InChI is InChI=1S/C22H14F6N4O2/c1-12-30-18(11-34-12)13-5-7-15(8-6-13)31-20(33)17-10-29-32(19(17)22(26,27)28)16-4-2-3-14(9-16)21(23,24)25/h2-11H,1H3,(H,31,33). The second kappa shape index (κ2) is 8.36. The summed E-state index contributed by atoms with van der Waals surface area (Å²) in [6, 6.07) is 9.32. The van der Waals surface area contributed by atoms with Crippen LogP contribution in [-0.4, -0.2) is 20.7 Å². The number of carbonyl (C=O) groups excluding carboxylic acids is 1. The summed E-state index contributed by atoms with van der Waals surface area (Å²) >= 11 is 0. The van der Waals surface area contributed by atoms with Crippen LogP contribution in [0.1, 0.15) is 27.5 Å². The van der Waals surface area contributed by atoms with Crippen molar-refractivity contribution in [3.63, 3.8) is 0 Å². The number of nitrogens with zero attached hydrogens (tertiary/aromatic N) is 3. The van der Waals surface area contributed by atoms with Crippen LogP contribution in [0, 0.1) is 6.92 Å². The molecular formula is C22H14F6N4O2. The van der Waals surface area contributed by atoms with Crippen molar-refractivity contribution in [3.8, 4) is 16.9 Å². The molecular weight excluding hydrogens is 466 g/mol. The summed E-state index contributed by atoms with van der Waals surface area (Å²) in [4.78, 5) is 16.8. The highest BCUT2D eigenvalue weighted by atomic mass is 19.4. The van der Waals surface area contributed by atoms with Gasteiger partial charge in [0.15, 0.2) is 11.6 Å². The molecule has 34 heavy (non-hydrogen) atoms. The van der Waals surface area contributed by atoms with Gasteiger partial charge in [-0.2, -0.15) is 31.4 Å². The van der Waals surface area contributed by atoms with Crippen molar-refractivity contribution in [2.45, 2.75) is 19.3 Å². The SMILES string of the molecule is Cc1nc(-c2ccc(NC(=O)c3cnn(-c4cccc(C(F)(F)F)c4)c3C(F)(F)F)cc2)co1. The zero-order chi connectivity index (χ0) is 24.7. The molecule has 0 aliphatic rings. The number of benzene rings is 2. The molecule has 4 rings (SSSR count). The van der Waals surface area contributed by atoms with Crippen molar-refractivity contribution in [1.29, 1.82) is 0 Å². The van der Waals surface area contributed by atoms with Crippen LogP contribution in [-0.2, 0) is 12.4 Å². The number of aryl methyl sites for hydroxylation is 1. The van der Waals surface area contributed by atoms with Gasteiger partial charge in [0, 0.05) is 18.2 Å². The van der Waals surface area contributed by atoms with Gasteiger partial charge < -0.3 is 9.73 Å². The number of hydrogen-bond donors (Lipinski definition) is 1. The van der Waals surface area contributed by atoms with E-state index in [1.807, 2.05) is 0 Å². The lowest BCUT2D eigenvalue weighted by molar-refractivity contribution is -0.143. The van der Waals surface area contributed by atoms with E-state index in [0.29, 0.717) is 29.4 Å². The highest BCUT2D eigenvalue weighted by Crippen LogP contribution is 2.36. The van der Waals surface area contributed by atoms with Crippen molar-refractivity contribution in [3.05, 3.63) is 83.7 Å². The molecule has 176 valence electrons. The number of anilines is 1. The predicted molar refractivity (Wildman–Crippen MR) is 108 cm³/mol. The molecule has 12 heteroatoms. The van der Waals surface area contributed by atoms with Gasteiger partial charge in [-0.1, -0.05) is 18.2 Å². The van der Waals surface area contributed by atoms with Crippen molar-refractivity contribution >= 4 is 11.6 Å². The first-order chi connectivity index (χ1) is 15.9. The highest BCUT2D eigenvalue weighted by Gasteiger charge is 2.41. The summed E-state index contributed by atoms with van der Waals surface area (Å²) in [6.45, 7) is 1.66. The Labute approximate surface area is 187 Å². The lowest BCUT2D eigenvalue weighted by Crippen LogP contribution is -2.21. The minimum absolute atomic E-state index is 0.189. The van der Waals surface area contributed by atoms with E-state index in [4.69, 9.17) is 4.42 Å². The molecule has 6 nitrogen and oxygen atoms in total. The van der Waals surface area contributed by atoms with Crippen molar-refractivity contribution in [2.24, 2.45) is 0 Å². The van der Waals surface area contributed by atoms with Gasteiger partial charge >= 0.3 is 12.4 Å². The van der Waals surface area contributed by atoms with Crippen LogP contribution in [0.25, 0.3) is 16.9 Å². The monoisotopic (exact) mass is 480 g/mol. The number of hydrogen-bond acceptors (Lipinski definition) is 4. The Kier molecular flexibility index (Phi) is 5.67. The van der Waals surface area contributed by atoms with Crippen molar-refractivity contribution in [2.75, 3.05) is 5.32 Å². The van der Waals surface area contributed by atoms with E-state index in [2.05, 4.69) is 15.4 Å². The van der Waals surface area contributed by atoms with E-state index in [9.17, 15) is 31.1 Å². The predicted octanol–water partition coefficient (Wildman–Crippen LogP) is 6.13. The van der Waals surface area contributed by atoms with Gasteiger partial charge in [0.25, 0.3) is 5.91 Å². The van der Waals surface area contributed by atoms with Gasteiger partial charge in [0.2, 0.25) is 0 Å². The minimum atomic E-state index is -5.08. The largest absolute Gasteiger partial charge is 0.449 e. The molecule has 0 spiro atoms. The molecule has 0 atom stereocenters. The zero-order valence-electron chi connectivity index (χ0n) is 17.2. The molecule has 0 aliphatic carbocycles. The quantitative estimate of drug-likeness (QED) is 0.357. The fourth-order valence-corrected chi connectivity index (χ4v) is 3.22. The Balaban J connectivity index is 1.65. The second-order valence-corrected chi connectivity index (χ2v) is 7.15. The van der Waals surface area contributed by atoms with Crippen LogP contribution in [0.5, 0.6) is 0 Å². The first-order valence-electron chi connectivity index (χ1n) is 9.60. The molecule has 2 aromatic carbocycles. The maximum atomic E-state index is 13.8. The third-order valence-electron chi connectivity index (χ3n) is 4.76. The topological polar surface area (TPSA) is 73.0 Å². The minimum Gasteiger partial charge on any atom is -0.449 e. The average molecular weight is 480 g/mol. The van der Waals surface area contributed by atoms with Crippen LogP contribution in [0.2, 0.25) is 0 Å². The highest BCUT2D eigenvalue weighted by molar-refractivity contribution is 6.05. The molecule has 4 aromatic rings. The number of oxazole rings is 1. The lowest BCUT2D eigenvalue weighted by atomic mass is 10.1. The van der Waals surface area contributed by atoms with Crippen LogP contribution < -0.4 is 5.32 Å². The summed E-state index contributed by atoms with van der Waals surface area (Å²) in [5, 5.41) is 5.88. The van der Waals surface area contributed by atoms with Gasteiger partial charge in [-0.3, -0.25) is 4.79 Å². The number of rotatable bonds is 4. The van der Waals surface area contributed by atoms with E-state index in [-0.39, 0.29) is 10.4 Å². The van der Waals surface area contributed by atoms with E-state index >= 15 is 0 Å². The molecule has 0 fully saturated rings. The van der Waals surface area contributed by atoms with E-state index in [0.717, 1.165) is 18.2 Å². The second-order valence-electron chi connectivity index (χ2n) is 7.15. The molecule has 0 saturated heterocycles. The summed E-state index contributed by atoms with van der Waals surface area (Å²) in [6.07, 6.45) is -7.75. The van der Waals surface area contributed by atoms with E-state index in [1.54, 1.807) is 19.1 Å². The molecule has 2 heterocycles. The zero-order valence-corrected chi connectivity index (χ0v) is 17.2. The van der Waals surface area contributed by atoms with Crippen molar-refractivity contribution < 1.29 is 35.6 Å². The third kappa shape index (κ3) is 4.65. The molecule has 0 saturated carbocycles. The van der Waals surface area contributed by atoms with Gasteiger partial charge in [-0.15, -0.1) is 0 Å². The van der Waals surface area contributed by atoms with Gasteiger partial charge in [0.05, 0.1) is 23.0 Å². The fourth-order valence-electron chi connectivity index (χ4n) is 3.22. The van der Waals surface area contributed by atoms with Crippen LogP contribution >= 0.6 is 0 Å². The summed E-state index contributed by atoms with van der Waals surface area (Å²) in [7, 11) is 0. The number of amides is 1. The third-order valence-corrected chi connectivity index (χ3v) is 4.76. The Bertz CT molecular complexity index is 1340. The first kappa shape index (κ1) is 23.1. The van der Waals surface area contributed by atoms with Gasteiger partial charge in [-0.25, -0.2) is 9.67 Å². The Hall–Kier alpha value is -4.09. The molecule has 1 N–H and O–H groups in total. The maximum absolute atomic E-state index is 13.8. The molecule has 0 radical (unpaired) electrons. The smallest absolute Gasteiger partial charge is 0.434 e. The first-order valence-corrected chi connectivity index (χ1v) is 9.60. The summed E-state index contributed by atoms with van der Waals surface area (Å²) in [5.74, 6) is -0.680. The number of nitrogens with one attached hydrogen (secondary N) is 1. The Morgan fingerprint density at radius 2 is 1.71 bits per heavy atom. The Morgan fingerprint density at radius 1 is 1.00 bits per heavy atom. The van der Waals surface area contributed by atoms with Gasteiger partial charge in [0.1, 0.15) is 12.0 Å². The number of aromatic nitrogens is 3. The Morgan fingerprint density at radius 3 is 2.29 bits per heavy atom. The number of carbonyl (C=O) groups is 1. The van der Waals surface area contributed by atoms with E-state index < -0.39 is 40.8 Å². The maximum Gasteiger partial charge on any atom is 0.434 e. The van der Waals surface area contributed by atoms with Crippen LogP contribution in [0.15, 0.2) is 65.4 Å². The number of halogens is 6. The average Bonchev–Trinajstić information content (AvgIpc) is 3.40. The van der Waals surface area contributed by atoms with Crippen LogP contribution in [0.3, 0.4) is 0 Å². The molecule has 0 bridgehead atoms. The van der Waals surface area contributed by atoms with Gasteiger partial charge in [-0.05, 0) is 30.3 Å². The van der Waals surface area contributed by atoms with Crippen LogP contribution in [0.4, 0.5) is 32.0 Å².